The Labute approximate surface area is 123 Å². The third-order valence-corrected chi connectivity index (χ3v) is 5.36. The lowest BCUT2D eigenvalue weighted by molar-refractivity contribution is -0.117. The number of nitrogens with one attached hydrogen (secondary N) is 1. The van der Waals surface area contributed by atoms with Gasteiger partial charge < -0.3 is 5.32 Å². The number of pyridine rings is 2. The highest BCUT2D eigenvalue weighted by Crippen LogP contribution is 2.25. The van der Waals surface area contributed by atoms with Gasteiger partial charge in [-0.05, 0) is 38.1 Å². The van der Waals surface area contributed by atoms with Gasteiger partial charge in [-0.15, -0.1) is 0 Å². The molecule has 1 N–H and O–H groups in total. The van der Waals surface area contributed by atoms with Crippen LogP contribution in [0, 0.1) is 0 Å². The molecular weight excluding hydrogens is 290 g/mol. The van der Waals surface area contributed by atoms with E-state index in [1.807, 2.05) is 0 Å². The van der Waals surface area contributed by atoms with Crippen LogP contribution in [0.25, 0.3) is 0 Å². The number of amides is 1. The number of anilines is 1. The monoisotopic (exact) mass is 305 g/mol. The number of sulfone groups is 1. The quantitative estimate of drug-likeness (QED) is 0.928. The van der Waals surface area contributed by atoms with Crippen LogP contribution in [0.2, 0.25) is 0 Å². The highest BCUT2D eigenvalue weighted by atomic mass is 32.2. The van der Waals surface area contributed by atoms with Gasteiger partial charge in [0, 0.05) is 12.4 Å². The van der Waals surface area contributed by atoms with Crippen molar-refractivity contribution in [3.63, 3.8) is 0 Å². The van der Waals surface area contributed by atoms with Gasteiger partial charge in [0.2, 0.25) is 15.7 Å². The normalized spacial score (nSPS) is 11.9. The van der Waals surface area contributed by atoms with E-state index in [9.17, 15) is 13.2 Å². The largest absolute Gasteiger partial charge is 0.309 e. The molecule has 2 heterocycles. The number of nitrogens with zero attached hydrogens (tertiary/aromatic N) is 2. The Balaban J connectivity index is 2.31. The standard InChI is InChI=1S/C14H15N3O3S/c1-14(2,13(18)17-11-7-3-5-9-15-11)21(19,20)12-8-4-6-10-16-12/h3-10H,1-2H3,(H,15,17,18). The fourth-order valence-corrected chi connectivity index (χ4v) is 2.87. The fraction of sp³-hybridized carbons (Fsp3) is 0.214. The molecule has 0 radical (unpaired) electrons. The van der Waals surface area contributed by atoms with Gasteiger partial charge in [-0.3, -0.25) is 4.79 Å². The summed E-state index contributed by atoms with van der Waals surface area (Å²) in [5.41, 5.74) is 0. The van der Waals surface area contributed by atoms with Crippen LogP contribution in [0.4, 0.5) is 5.82 Å². The molecule has 0 atom stereocenters. The van der Waals surface area contributed by atoms with Gasteiger partial charge in [0.15, 0.2) is 9.77 Å². The van der Waals surface area contributed by atoms with Gasteiger partial charge in [-0.25, -0.2) is 18.4 Å². The molecule has 2 aromatic heterocycles. The predicted molar refractivity (Wildman–Crippen MR) is 78.4 cm³/mol. The lowest BCUT2D eigenvalue weighted by Gasteiger charge is -2.22. The average Bonchev–Trinajstić information content (AvgIpc) is 2.49. The maximum absolute atomic E-state index is 12.5. The molecule has 1 amide bonds. The first-order valence-electron chi connectivity index (χ1n) is 6.24. The van der Waals surface area contributed by atoms with Crippen LogP contribution < -0.4 is 5.32 Å². The summed E-state index contributed by atoms with van der Waals surface area (Å²) in [5.74, 6) is -0.362. The second-order valence-electron chi connectivity index (χ2n) is 4.85. The van der Waals surface area contributed by atoms with Crippen LogP contribution in [0.5, 0.6) is 0 Å². The zero-order chi connectivity index (χ0) is 15.5. The van der Waals surface area contributed by atoms with E-state index in [4.69, 9.17) is 0 Å². The molecule has 0 aromatic carbocycles. The van der Waals surface area contributed by atoms with Crippen LogP contribution in [-0.2, 0) is 14.6 Å². The molecular formula is C14H15N3O3S. The Bertz CT molecular complexity index is 729. The van der Waals surface area contributed by atoms with Gasteiger partial charge in [-0.1, -0.05) is 12.1 Å². The van der Waals surface area contributed by atoms with E-state index in [-0.39, 0.29) is 5.03 Å². The first-order valence-corrected chi connectivity index (χ1v) is 7.72. The molecule has 0 fully saturated rings. The van der Waals surface area contributed by atoms with Crippen LogP contribution in [0.1, 0.15) is 13.8 Å². The van der Waals surface area contributed by atoms with Gasteiger partial charge in [0.1, 0.15) is 5.82 Å². The van der Waals surface area contributed by atoms with E-state index in [2.05, 4.69) is 15.3 Å². The number of carbonyl (C=O) groups is 1. The molecule has 0 saturated carbocycles. The van der Waals surface area contributed by atoms with Gasteiger partial charge in [-0.2, -0.15) is 0 Å². The first kappa shape index (κ1) is 15.1. The molecule has 6 nitrogen and oxygen atoms in total. The van der Waals surface area contributed by atoms with Crippen molar-refractivity contribution in [1.29, 1.82) is 0 Å². The van der Waals surface area contributed by atoms with Crippen LogP contribution in [0.15, 0.2) is 53.8 Å². The predicted octanol–water partition coefficient (Wildman–Crippen LogP) is 1.67. The maximum Gasteiger partial charge on any atom is 0.246 e. The smallest absolute Gasteiger partial charge is 0.246 e. The zero-order valence-electron chi connectivity index (χ0n) is 11.6. The minimum absolute atomic E-state index is 0.133. The van der Waals surface area contributed by atoms with Crippen LogP contribution in [0.3, 0.4) is 0 Å². The number of hydrogen-bond acceptors (Lipinski definition) is 5. The minimum Gasteiger partial charge on any atom is -0.309 e. The summed E-state index contributed by atoms with van der Waals surface area (Å²) in [6, 6.07) is 9.52. The van der Waals surface area contributed by atoms with Gasteiger partial charge in [0.05, 0.1) is 0 Å². The summed E-state index contributed by atoms with van der Waals surface area (Å²) in [6.45, 7) is 2.69. The molecule has 0 aliphatic heterocycles. The average molecular weight is 305 g/mol. The highest BCUT2D eigenvalue weighted by Gasteiger charge is 2.43. The summed E-state index contributed by atoms with van der Waals surface area (Å²) in [7, 11) is -3.91. The second kappa shape index (κ2) is 5.61. The van der Waals surface area contributed by atoms with Crippen LogP contribution in [-0.4, -0.2) is 29.0 Å². The van der Waals surface area contributed by atoms with Crippen molar-refractivity contribution in [3.8, 4) is 0 Å². The molecule has 0 aliphatic carbocycles. The molecule has 110 valence electrons. The molecule has 0 spiro atoms. The Kier molecular flexibility index (Phi) is 4.04. The molecule has 2 aromatic rings. The van der Waals surface area contributed by atoms with Gasteiger partial charge >= 0.3 is 0 Å². The second-order valence-corrected chi connectivity index (χ2v) is 7.30. The van der Waals surface area contributed by atoms with Gasteiger partial charge in [0.25, 0.3) is 0 Å². The van der Waals surface area contributed by atoms with Crippen molar-refractivity contribution in [2.75, 3.05) is 5.32 Å². The molecule has 0 saturated heterocycles. The van der Waals surface area contributed by atoms with E-state index in [1.165, 1.54) is 32.3 Å². The van der Waals surface area contributed by atoms with E-state index in [1.54, 1.807) is 30.3 Å². The third-order valence-electron chi connectivity index (χ3n) is 3.04. The number of rotatable bonds is 4. The van der Waals surface area contributed by atoms with Crippen molar-refractivity contribution >= 4 is 21.6 Å². The first-order chi connectivity index (χ1) is 9.85. The molecule has 7 heteroatoms. The van der Waals surface area contributed by atoms with Crippen molar-refractivity contribution in [2.45, 2.75) is 23.6 Å². The molecule has 21 heavy (non-hydrogen) atoms. The molecule has 2 rings (SSSR count). The Morgan fingerprint density at radius 3 is 2.19 bits per heavy atom. The minimum atomic E-state index is -3.91. The summed E-state index contributed by atoms with van der Waals surface area (Å²) in [5, 5.41) is 2.37. The summed E-state index contributed by atoms with van der Waals surface area (Å²) in [4.78, 5) is 20.1. The third kappa shape index (κ3) is 2.92. The number of aromatic nitrogens is 2. The lowest BCUT2D eigenvalue weighted by Crippen LogP contribution is -2.44. The Morgan fingerprint density at radius 1 is 1.05 bits per heavy atom. The maximum atomic E-state index is 12.5. The number of hydrogen-bond donors (Lipinski definition) is 1. The fourth-order valence-electron chi connectivity index (χ4n) is 1.59. The van der Waals surface area contributed by atoms with E-state index in [0.29, 0.717) is 5.82 Å². The van der Waals surface area contributed by atoms with E-state index < -0.39 is 20.5 Å². The van der Waals surface area contributed by atoms with E-state index in [0.717, 1.165) is 0 Å². The summed E-state index contributed by atoms with van der Waals surface area (Å²) < 4.78 is 23.4. The summed E-state index contributed by atoms with van der Waals surface area (Å²) >= 11 is 0. The Morgan fingerprint density at radius 2 is 1.67 bits per heavy atom. The Hall–Kier alpha value is -2.28. The lowest BCUT2D eigenvalue weighted by atomic mass is 10.2. The topological polar surface area (TPSA) is 89.0 Å². The highest BCUT2D eigenvalue weighted by molar-refractivity contribution is 7.93. The van der Waals surface area contributed by atoms with Crippen molar-refractivity contribution in [2.24, 2.45) is 0 Å². The van der Waals surface area contributed by atoms with E-state index >= 15 is 0 Å². The summed E-state index contributed by atoms with van der Waals surface area (Å²) in [6.07, 6.45) is 2.88. The molecule has 0 aliphatic rings. The van der Waals surface area contributed by atoms with Crippen molar-refractivity contribution < 1.29 is 13.2 Å². The van der Waals surface area contributed by atoms with Crippen molar-refractivity contribution in [3.05, 3.63) is 48.8 Å². The molecule has 0 bridgehead atoms. The van der Waals surface area contributed by atoms with Crippen LogP contribution >= 0.6 is 0 Å². The SMILES string of the molecule is CC(C)(C(=O)Nc1ccccn1)S(=O)(=O)c1ccccn1. The van der Waals surface area contributed by atoms with Crippen molar-refractivity contribution in [1.82, 2.24) is 9.97 Å². The molecule has 0 unspecified atom stereocenters. The zero-order valence-corrected chi connectivity index (χ0v) is 12.5. The number of carbonyl (C=O) groups excluding carboxylic acids is 1.